The molecular formula is C14H11ClN2O5. The molecule has 0 unspecified atom stereocenters. The molecule has 2 rings (SSSR count). The molecule has 0 bridgehead atoms. The third kappa shape index (κ3) is 2.75. The topological polar surface area (TPSA) is 136 Å². The number of carbonyl (C=O) groups is 2. The molecule has 0 spiro atoms. The number of nitrogen functional groups attached to an aromatic ring is 2. The number of aromatic carboxylic acids is 1. The molecule has 2 aromatic rings. The van der Waals surface area contributed by atoms with E-state index in [0.717, 1.165) is 0 Å². The van der Waals surface area contributed by atoms with E-state index in [9.17, 15) is 14.7 Å². The van der Waals surface area contributed by atoms with Crippen molar-refractivity contribution in [3.63, 3.8) is 0 Å². The van der Waals surface area contributed by atoms with Gasteiger partial charge in [0.15, 0.2) is 5.75 Å². The van der Waals surface area contributed by atoms with Crippen molar-refractivity contribution in [2.75, 3.05) is 11.5 Å². The summed E-state index contributed by atoms with van der Waals surface area (Å²) in [7, 11) is 0. The van der Waals surface area contributed by atoms with E-state index in [1.54, 1.807) is 0 Å². The molecule has 0 amide bonds. The Bertz CT molecular complexity index is 776. The summed E-state index contributed by atoms with van der Waals surface area (Å²) in [6, 6.07) is 6.48. The number of carboxylic acid groups (broad SMARTS) is 1. The number of benzene rings is 2. The van der Waals surface area contributed by atoms with E-state index >= 15 is 0 Å². The number of hydrogen-bond acceptors (Lipinski definition) is 6. The van der Waals surface area contributed by atoms with E-state index in [2.05, 4.69) is 0 Å². The number of esters is 1. The number of carbonyl (C=O) groups excluding carboxylic acids is 1. The highest BCUT2D eigenvalue weighted by atomic mass is 35.5. The van der Waals surface area contributed by atoms with Gasteiger partial charge in [0.2, 0.25) is 0 Å². The largest absolute Gasteiger partial charge is 0.506 e. The summed E-state index contributed by atoms with van der Waals surface area (Å²) in [6.45, 7) is 0. The fourth-order valence-electron chi connectivity index (χ4n) is 1.74. The number of aromatic hydroxyl groups is 1. The first-order valence-corrected chi connectivity index (χ1v) is 6.31. The average Bonchev–Trinajstić information content (AvgIpc) is 2.45. The van der Waals surface area contributed by atoms with Gasteiger partial charge in [-0.2, -0.15) is 0 Å². The van der Waals surface area contributed by atoms with Crippen molar-refractivity contribution < 1.29 is 24.5 Å². The quantitative estimate of drug-likeness (QED) is 0.294. The maximum atomic E-state index is 12.1. The van der Waals surface area contributed by atoms with Crippen LogP contribution in [0.2, 0.25) is 5.02 Å². The van der Waals surface area contributed by atoms with Crippen molar-refractivity contribution in [3.8, 4) is 11.5 Å². The number of phenols is 1. The highest BCUT2D eigenvalue weighted by molar-refractivity contribution is 6.33. The van der Waals surface area contributed by atoms with Gasteiger partial charge in [0.1, 0.15) is 5.75 Å². The lowest BCUT2D eigenvalue weighted by Gasteiger charge is -2.12. The van der Waals surface area contributed by atoms with Crippen LogP contribution in [0.3, 0.4) is 0 Å². The lowest BCUT2D eigenvalue weighted by molar-refractivity contribution is 0.0689. The first kappa shape index (κ1) is 15.5. The van der Waals surface area contributed by atoms with Crippen LogP contribution >= 0.6 is 11.6 Å². The average molecular weight is 323 g/mol. The molecule has 2 aromatic carbocycles. The van der Waals surface area contributed by atoms with Crippen LogP contribution in [0.4, 0.5) is 11.4 Å². The van der Waals surface area contributed by atoms with E-state index in [1.165, 1.54) is 30.3 Å². The van der Waals surface area contributed by atoms with Gasteiger partial charge >= 0.3 is 11.9 Å². The molecule has 114 valence electrons. The first-order chi connectivity index (χ1) is 10.3. The summed E-state index contributed by atoms with van der Waals surface area (Å²) in [4.78, 5) is 23.1. The van der Waals surface area contributed by atoms with Gasteiger partial charge in [0.05, 0.1) is 27.5 Å². The smallest absolute Gasteiger partial charge is 0.345 e. The number of phenolic OH excluding ortho intramolecular Hbond substituents is 1. The molecule has 0 aliphatic rings. The second-order valence-corrected chi connectivity index (χ2v) is 4.68. The number of ether oxygens (including phenoxy) is 1. The Morgan fingerprint density at radius 1 is 1.05 bits per heavy atom. The lowest BCUT2D eigenvalue weighted by Crippen LogP contribution is -2.14. The first-order valence-electron chi connectivity index (χ1n) is 5.93. The molecule has 7 nitrogen and oxygen atoms in total. The Labute approximate surface area is 129 Å². The van der Waals surface area contributed by atoms with Crippen LogP contribution in [-0.2, 0) is 0 Å². The summed E-state index contributed by atoms with van der Waals surface area (Å²) in [5.41, 5.74) is 10.4. The molecule has 0 aliphatic carbocycles. The maximum Gasteiger partial charge on any atom is 0.345 e. The summed E-state index contributed by atoms with van der Waals surface area (Å²) < 4.78 is 5.04. The third-order valence-corrected chi connectivity index (χ3v) is 3.17. The molecule has 0 heterocycles. The zero-order valence-corrected chi connectivity index (χ0v) is 11.8. The highest BCUT2D eigenvalue weighted by Gasteiger charge is 2.21. The summed E-state index contributed by atoms with van der Waals surface area (Å²) >= 11 is 5.88. The minimum absolute atomic E-state index is 0.0328. The van der Waals surface area contributed by atoms with Crippen LogP contribution in [0.5, 0.6) is 11.5 Å². The molecule has 0 aliphatic heterocycles. The maximum absolute atomic E-state index is 12.1. The van der Waals surface area contributed by atoms with Crippen molar-refractivity contribution in [3.05, 3.63) is 46.5 Å². The molecule has 0 saturated heterocycles. The van der Waals surface area contributed by atoms with Gasteiger partial charge in [-0.15, -0.1) is 0 Å². The van der Waals surface area contributed by atoms with Crippen LogP contribution in [0.15, 0.2) is 30.3 Å². The Balaban J connectivity index is 2.43. The number of anilines is 2. The molecule has 0 atom stereocenters. The standard InChI is InChI=1S/C14H11ClN2O5/c15-8-5-4-6(13(19)20)11(17)12(8)22-14(21)7-2-1-3-9(18)10(7)16/h1-5,18H,16-17H2,(H,19,20). The summed E-state index contributed by atoms with van der Waals surface area (Å²) in [6.07, 6.45) is 0. The Morgan fingerprint density at radius 2 is 1.73 bits per heavy atom. The Morgan fingerprint density at radius 3 is 2.36 bits per heavy atom. The molecule has 0 aromatic heterocycles. The van der Waals surface area contributed by atoms with Crippen molar-refractivity contribution in [1.82, 2.24) is 0 Å². The van der Waals surface area contributed by atoms with Gasteiger partial charge in [-0.1, -0.05) is 17.7 Å². The molecule has 8 heteroatoms. The Hall–Kier alpha value is -2.93. The number of nitrogens with two attached hydrogens (primary N) is 2. The van der Waals surface area contributed by atoms with E-state index in [4.69, 9.17) is 32.9 Å². The van der Waals surface area contributed by atoms with Gasteiger partial charge in [0.25, 0.3) is 0 Å². The fraction of sp³-hybridized carbons (Fsp3) is 0. The van der Waals surface area contributed by atoms with E-state index in [1.807, 2.05) is 0 Å². The predicted octanol–water partition coefficient (Wildman–Crippen LogP) is 2.13. The fourth-order valence-corrected chi connectivity index (χ4v) is 1.95. The van der Waals surface area contributed by atoms with Gasteiger partial charge < -0.3 is 26.4 Å². The normalized spacial score (nSPS) is 10.2. The molecule has 0 radical (unpaired) electrons. The molecule has 22 heavy (non-hydrogen) atoms. The lowest BCUT2D eigenvalue weighted by atomic mass is 10.1. The number of halogens is 1. The van der Waals surface area contributed by atoms with Crippen molar-refractivity contribution >= 4 is 34.9 Å². The van der Waals surface area contributed by atoms with Crippen LogP contribution < -0.4 is 16.2 Å². The molecular weight excluding hydrogens is 312 g/mol. The minimum atomic E-state index is -1.29. The summed E-state index contributed by atoms with van der Waals surface area (Å²) in [5.74, 6) is -2.78. The minimum Gasteiger partial charge on any atom is -0.506 e. The molecule has 0 saturated carbocycles. The van der Waals surface area contributed by atoms with Crippen LogP contribution in [0, 0.1) is 0 Å². The van der Waals surface area contributed by atoms with Crippen molar-refractivity contribution in [2.45, 2.75) is 0 Å². The molecule has 6 N–H and O–H groups in total. The third-order valence-electron chi connectivity index (χ3n) is 2.88. The van der Waals surface area contributed by atoms with Crippen LogP contribution in [0.25, 0.3) is 0 Å². The van der Waals surface area contributed by atoms with Gasteiger partial charge in [-0.25, -0.2) is 9.59 Å². The van der Waals surface area contributed by atoms with Crippen LogP contribution in [0.1, 0.15) is 20.7 Å². The number of carboxylic acids is 1. The van der Waals surface area contributed by atoms with Gasteiger partial charge in [-0.05, 0) is 24.3 Å². The second-order valence-electron chi connectivity index (χ2n) is 4.27. The number of para-hydroxylation sites is 1. The van der Waals surface area contributed by atoms with Gasteiger partial charge in [-0.3, -0.25) is 0 Å². The second kappa shape index (κ2) is 5.82. The highest BCUT2D eigenvalue weighted by Crippen LogP contribution is 2.35. The van der Waals surface area contributed by atoms with E-state index in [-0.39, 0.29) is 39.0 Å². The van der Waals surface area contributed by atoms with E-state index < -0.39 is 11.9 Å². The molecule has 0 fully saturated rings. The zero-order chi connectivity index (χ0) is 16.4. The van der Waals surface area contributed by atoms with Crippen LogP contribution in [-0.4, -0.2) is 22.2 Å². The predicted molar refractivity (Wildman–Crippen MR) is 80.3 cm³/mol. The van der Waals surface area contributed by atoms with Crippen molar-refractivity contribution in [1.29, 1.82) is 0 Å². The SMILES string of the molecule is Nc1c(O)cccc1C(=O)Oc1c(Cl)ccc(C(=O)O)c1N. The van der Waals surface area contributed by atoms with E-state index in [0.29, 0.717) is 0 Å². The monoisotopic (exact) mass is 322 g/mol. The summed E-state index contributed by atoms with van der Waals surface area (Å²) in [5, 5.41) is 18.4. The van der Waals surface area contributed by atoms with Gasteiger partial charge in [0, 0.05) is 0 Å². The number of hydrogen-bond donors (Lipinski definition) is 4. The Kier molecular flexibility index (Phi) is 4.09. The number of rotatable bonds is 3. The zero-order valence-electron chi connectivity index (χ0n) is 11.0. The van der Waals surface area contributed by atoms with Crippen molar-refractivity contribution in [2.24, 2.45) is 0 Å².